The standard InChI is InChI=1S/C23H27N5O3/c1-17-25-23(31-26-17)20-8-4-11-24-22(20)28-13-5-12-27(14-15-28)21(29)10-9-18-6-3-7-19(16-18)30-2/h3-4,6-8,11,16H,5,9-10,12-15H2,1-2H3. The van der Waals surface area contributed by atoms with Gasteiger partial charge in [-0.1, -0.05) is 17.3 Å². The SMILES string of the molecule is COc1cccc(CCC(=O)N2CCCN(c3ncccc3-c3nc(C)no3)CC2)c1. The van der Waals surface area contributed by atoms with Crippen molar-refractivity contribution in [3.8, 4) is 17.2 Å². The van der Waals surface area contributed by atoms with Crippen molar-refractivity contribution in [1.82, 2.24) is 20.0 Å². The molecule has 1 saturated heterocycles. The van der Waals surface area contributed by atoms with E-state index in [0.717, 1.165) is 42.2 Å². The highest BCUT2D eigenvalue weighted by molar-refractivity contribution is 5.77. The van der Waals surface area contributed by atoms with Crippen LogP contribution in [0.4, 0.5) is 5.82 Å². The Bertz CT molecular complexity index is 1040. The van der Waals surface area contributed by atoms with E-state index in [1.165, 1.54) is 0 Å². The van der Waals surface area contributed by atoms with Gasteiger partial charge in [0.1, 0.15) is 11.6 Å². The Morgan fingerprint density at radius 1 is 1.16 bits per heavy atom. The molecule has 31 heavy (non-hydrogen) atoms. The van der Waals surface area contributed by atoms with Gasteiger partial charge in [0.2, 0.25) is 5.91 Å². The second-order valence-electron chi connectivity index (χ2n) is 7.59. The molecule has 1 amide bonds. The molecule has 1 aromatic carbocycles. The van der Waals surface area contributed by atoms with E-state index in [1.807, 2.05) is 41.3 Å². The largest absolute Gasteiger partial charge is 0.497 e. The number of rotatable bonds is 6. The van der Waals surface area contributed by atoms with Crippen molar-refractivity contribution in [2.24, 2.45) is 0 Å². The molecule has 162 valence electrons. The molecule has 0 atom stereocenters. The number of carbonyl (C=O) groups excluding carboxylic acids is 1. The second-order valence-corrected chi connectivity index (χ2v) is 7.59. The van der Waals surface area contributed by atoms with Gasteiger partial charge in [-0.15, -0.1) is 0 Å². The highest BCUT2D eigenvalue weighted by Gasteiger charge is 2.23. The Morgan fingerprint density at radius 3 is 2.87 bits per heavy atom. The lowest BCUT2D eigenvalue weighted by atomic mass is 10.1. The average Bonchev–Trinajstić information content (AvgIpc) is 3.09. The van der Waals surface area contributed by atoms with Gasteiger partial charge in [0.15, 0.2) is 5.82 Å². The van der Waals surface area contributed by atoms with Crippen molar-refractivity contribution in [2.45, 2.75) is 26.2 Å². The van der Waals surface area contributed by atoms with E-state index < -0.39 is 0 Å². The number of methoxy groups -OCH3 is 1. The summed E-state index contributed by atoms with van der Waals surface area (Å²) in [5, 5.41) is 3.90. The third-order valence-electron chi connectivity index (χ3n) is 5.45. The van der Waals surface area contributed by atoms with Gasteiger partial charge in [-0.25, -0.2) is 4.98 Å². The van der Waals surface area contributed by atoms with Crippen LogP contribution in [0.5, 0.6) is 5.75 Å². The zero-order valence-corrected chi connectivity index (χ0v) is 18.0. The zero-order valence-electron chi connectivity index (χ0n) is 18.0. The summed E-state index contributed by atoms with van der Waals surface area (Å²) in [6.07, 6.45) is 3.84. The Hall–Kier alpha value is -3.42. The van der Waals surface area contributed by atoms with E-state index in [1.54, 1.807) is 20.2 Å². The minimum Gasteiger partial charge on any atom is -0.497 e. The van der Waals surface area contributed by atoms with Gasteiger partial charge in [-0.05, 0) is 49.6 Å². The van der Waals surface area contributed by atoms with Crippen LogP contribution in [0.25, 0.3) is 11.5 Å². The molecule has 0 N–H and O–H groups in total. The summed E-state index contributed by atoms with van der Waals surface area (Å²) in [4.78, 5) is 25.9. The molecule has 3 aromatic rings. The fourth-order valence-electron chi connectivity index (χ4n) is 3.84. The molecule has 2 aromatic heterocycles. The number of aromatic nitrogens is 3. The van der Waals surface area contributed by atoms with Crippen LogP contribution < -0.4 is 9.64 Å². The van der Waals surface area contributed by atoms with Gasteiger partial charge in [-0.2, -0.15) is 4.98 Å². The monoisotopic (exact) mass is 421 g/mol. The van der Waals surface area contributed by atoms with Gasteiger partial charge in [0.25, 0.3) is 5.89 Å². The molecule has 8 nitrogen and oxygen atoms in total. The lowest BCUT2D eigenvalue weighted by Crippen LogP contribution is -2.35. The molecule has 4 rings (SSSR count). The smallest absolute Gasteiger partial charge is 0.261 e. The first kappa shape index (κ1) is 20.8. The van der Waals surface area contributed by atoms with Gasteiger partial charge >= 0.3 is 0 Å². The van der Waals surface area contributed by atoms with Crippen molar-refractivity contribution in [1.29, 1.82) is 0 Å². The number of ether oxygens (including phenoxy) is 1. The number of carbonyl (C=O) groups is 1. The topological polar surface area (TPSA) is 84.6 Å². The minimum atomic E-state index is 0.179. The summed E-state index contributed by atoms with van der Waals surface area (Å²) in [5.74, 6) is 2.87. The predicted molar refractivity (Wildman–Crippen MR) is 117 cm³/mol. The summed E-state index contributed by atoms with van der Waals surface area (Å²) in [6, 6.07) is 11.7. The van der Waals surface area contributed by atoms with Crippen LogP contribution in [-0.4, -0.2) is 59.2 Å². The Balaban J connectivity index is 1.39. The van der Waals surface area contributed by atoms with Crippen LogP contribution in [0.15, 0.2) is 47.1 Å². The molecule has 0 unspecified atom stereocenters. The molecule has 0 saturated carbocycles. The Labute approximate surface area is 181 Å². The van der Waals surface area contributed by atoms with Crippen molar-refractivity contribution in [3.63, 3.8) is 0 Å². The number of benzene rings is 1. The molecule has 3 heterocycles. The summed E-state index contributed by atoms with van der Waals surface area (Å²) in [5.41, 5.74) is 1.93. The lowest BCUT2D eigenvalue weighted by Gasteiger charge is -2.24. The van der Waals surface area contributed by atoms with E-state index in [-0.39, 0.29) is 5.91 Å². The number of nitrogens with zero attached hydrogens (tertiary/aromatic N) is 5. The molecule has 1 aliphatic rings. The fourth-order valence-corrected chi connectivity index (χ4v) is 3.84. The molecule has 1 fully saturated rings. The summed E-state index contributed by atoms with van der Waals surface area (Å²) in [6.45, 7) is 4.73. The first-order valence-corrected chi connectivity index (χ1v) is 10.6. The third kappa shape index (κ3) is 5.02. The fraction of sp³-hybridized carbons (Fsp3) is 0.391. The van der Waals surface area contributed by atoms with Crippen LogP contribution in [0.2, 0.25) is 0 Å². The quantitative estimate of drug-likeness (QED) is 0.604. The Morgan fingerprint density at radius 2 is 2.06 bits per heavy atom. The Kier molecular flexibility index (Phi) is 6.45. The maximum Gasteiger partial charge on any atom is 0.261 e. The number of hydrogen-bond acceptors (Lipinski definition) is 7. The van der Waals surface area contributed by atoms with E-state index in [0.29, 0.717) is 37.6 Å². The summed E-state index contributed by atoms with van der Waals surface area (Å²) >= 11 is 0. The molecule has 0 radical (unpaired) electrons. The van der Waals surface area contributed by atoms with Crippen molar-refractivity contribution in [3.05, 3.63) is 54.0 Å². The third-order valence-corrected chi connectivity index (χ3v) is 5.45. The minimum absolute atomic E-state index is 0.179. The average molecular weight is 422 g/mol. The van der Waals surface area contributed by atoms with Gasteiger partial charge in [-0.3, -0.25) is 4.79 Å². The highest BCUT2D eigenvalue weighted by Crippen LogP contribution is 2.28. The molecular formula is C23H27N5O3. The summed E-state index contributed by atoms with van der Waals surface area (Å²) in [7, 11) is 1.65. The molecular weight excluding hydrogens is 394 g/mol. The van der Waals surface area contributed by atoms with E-state index in [4.69, 9.17) is 9.26 Å². The van der Waals surface area contributed by atoms with Crippen molar-refractivity contribution in [2.75, 3.05) is 38.2 Å². The highest BCUT2D eigenvalue weighted by atomic mass is 16.5. The number of hydrogen-bond donors (Lipinski definition) is 0. The molecule has 0 spiro atoms. The molecule has 0 aliphatic carbocycles. The normalized spacial score (nSPS) is 14.4. The molecule has 8 heteroatoms. The predicted octanol–water partition coefficient (Wildman–Crippen LogP) is 3.12. The first-order valence-electron chi connectivity index (χ1n) is 10.6. The van der Waals surface area contributed by atoms with Gasteiger partial charge < -0.3 is 19.1 Å². The van der Waals surface area contributed by atoms with Gasteiger partial charge in [0.05, 0.1) is 12.7 Å². The van der Waals surface area contributed by atoms with Crippen LogP contribution in [0, 0.1) is 6.92 Å². The van der Waals surface area contributed by atoms with Crippen LogP contribution >= 0.6 is 0 Å². The van der Waals surface area contributed by atoms with E-state index in [9.17, 15) is 4.79 Å². The number of anilines is 1. The lowest BCUT2D eigenvalue weighted by molar-refractivity contribution is -0.130. The van der Waals surface area contributed by atoms with Crippen LogP contribution in [0.3, 0.4) is 0 Å². The number of amides is 1. The van der Waals surface area contributed by atoms with E-state index in [2.05, 4.69) is 20.0 Å². The number of pyridine rings is 1. The molecule has 1 aliphatic heterocycles. The van der Waals surface area contributed by atoms with Gasteiger partial charge in [0, 0.05) is 38.8 Å². The maximum atomic E-state index is 12.8. The van der Waals surface area contributed by atoms with Crippen molar-refractivity contribution >= 4 is 11.7 Å². The van der Waals surface area contributed by atoms with E-state index >= 15 is 0 Å². The number of aryl methyl sites for hydroxylation is 2. The zero-order chi connectivity index (χ0) is 21.6. The van der Waals surface area contributed by atoms with Crippen molar-refractivity contribution < 1.29 is 14.1 Å². The second kappa shape index (κ2) is 9.59. The summed E-state index contributed by atoms with van der Waals surface area (Å²) < 4.78 is 10.6. The maximum absolute atomic E-state index is 12.8. The van der Waals surface area contributed by atoms with Crippen LogP contribution in [-0.2, 0) is 11.2 Å². The first-order chi connectivity index (χ1) is 15.1. The van der Waals surface area contributed by atoms with Crippen LogP contribution in [0.1, 0.15) is 24.2 Å². The molecule has 0 bridgehead atoms.